The number of halogens is 1. The SMILES string of the molecule is CC1(C)COCCN1CC(=O)Nc1ccc(Cl)cc1N. The maximum atomic E-state index is 12.1. The molecular weight excluding hydrogens is 278 g/mol. The molecule has 1 aromatic rings. The van der Waals surface area contributed by atoms with Crippen molar-refractivity contribution < 1.29 is 9.53 Å². The first-order valence-electron chi connectivity index (χ1n) is 6.56. The van der Waals surface area contributed by atoms with Crippen molar-refractivity contribution in [3.63, 3.8) is 0 Å². The van der Waals surface area contributed by atoms with E-state index in [0.29, 0.717) is 36.2 Å². The van der Waals surface area contributed by atoms with Gasteiger partial charge in [-0.1, -0.05) is 11.6 Å². The molecule has 110 valence electrons. The molecule has 5 nitrogen and oxygen atoms in total. The number of nitrogens with zero attached hydrogens (tertiary/aromatic N) is 1. The average Bonchev–Trinajstić information content (AvgIpc) is 2.35. The molecule has 3 N–H and O–H groups in total. The molecule has 1 aliphatic rings. The van der Waals surface area contributed by atoms with Crippen LogP contribution in [0.2, 0.25) is 5.02 Å². The fraction of sp³-hybridized carbons (Fsp3) is 0.500. The Bertz CT molecular complexity index is 505. The van der Waals surface area contributed by atoms with Crippen LogP contribution in [0.5, 0.6) is 0 Å². The van der Waals surface area contributed by atoms with Crippen molar-refractivity contribution in [2.24, 2.45) is 0 Å². The van der Waals surface area contributed by atoms with Crippen LogP contribution in [-0.4, -0.2) is 42.6 Å². The monoisotopic (exact) mass is 297 g/mol. The number of benzene rings is 1. The summed E-state index contributed by atoms with van der Waals surface area (Å²) in [6.45, 7) is 6.48. The van der Waals surface area contributed by atoms with Crippen LogP contribution in [0.15, 0.2) is 18.2 Å². The van der Waals surface area contributed by atoms with E-state index in [0.717, 1.165) is 6.54 Å². The summed E-state index contributed by atoms with van der Waals surface area (Å²) in [6, 6.07) is 5.03. The summed E-state index contributed by atoms with van der Waals surface area (Å²) in [5.41, 5.74) is 6.74. The highest BCUT2D eigenvalue weighted by Gasteiger charge is 2.31. The predicted octanol–water partition coefficient (Wildman–Crippen LogP) is 1.97. The fourth-order valence-corrected chi connectivity index (χ4v) is 2.37. The van der Waals surface area contributed by atoms with Crippen LogP contribution >= 0.6 is 11.6 Å². The van der Waals surface area contributed by atoms with Crippen molar-refractivity contribution in [1.82, 2.24) is 4.90 Å². The molecule has 1 saturated heterocycles. The topological polar surface area (TPSA) is 67.6 Å². The van der Waals surface area contributed by atoms with E-state index in [1.807, 2.05) is 0 Å². The quantitative estimate of drug-likeness (QED) is 0.837. The van der Waals surface area contributed by atoms with Crippen LogP contribution in [0.4, 0.5) is 11.4 Å². The van der Waals surface area contributed by atoms with Gasteiger partial charge in [-0.05, 0) is 32.0 Å². The predicted molar refractivity (Wildman–Crippen MR) is 81.0 cm³/mol. The maximum Gasteiger partial charge on any atom is 0.238 e. The van der Waals surface area contributed by atoms with Crippen LogP contribution in [0, 0.1) is 0 Å². The van der Waals surface area contributed by atoms with Crippen molar-refractivity contribution in [3.8, 4) is 0 Å². The smallest absolute Gasteiger partial charge is 0.238 e. The number of anilines is 2. The van der Waals surface area contributed by atoms with Gasteiger partial charge in [0.25, 0.3) is 0 Å². The highest BCUT2D eigenvalue weighted by Crippen LogP contribution is 2.23. The van der Waals surface area contributed by atoms with E-state index in [-0.39, 0.29) is 11.4 Å². The van der Waals surface area contributed by atoms with Gasteiger partial charge in [0.05, 0.1) is 31.1 Å². The lowest BCUT2D eigenvalue weighted by Gasteiger charge is -2.41. The molecule has 1 amide bonds. The van der Waals surface area contributed by atoms with Gasteiger partial charge < -0.3 is 15.8 Å². The van der Waals surface area contributed by atoms with Crippen molar-refractivity contribution in [1.29, 1.82) is 0 Å². The average molecular weight is 298 g/mol. The highest BCUT2D eigenvalue weighted by molar-refractivity contribution is 6.31. The Morgan fingerprint density at radius 2 is 2.30 bits per heavy atom. The summed E-state index contributed by atoms with van der Waals surface area (Å²) in [5.74, 6) is -0.0889. The molecule has 0 unspecified atom stereocenters. The first kappa shape index (κ1) is 15.1. The number of nitrogen functional groups attached to an aromatic ring is 1. The third-order valence-corrected chi connectivity index (χ3v) is 3.67. The zero-order valence-electron chi connectivity index (χ0n) is 11.8. The first-order chi connectivity index (χ1) is 9.38. The van der Waals surface area contributed by atoms with Gasteiger partial charge in [-0.25, -0.2) is 0 Å². The molecule has 0 bridgehead atoms. The minimum absolute atomic E-state index is 0.0889. The van der Waals surface area contributed by atoms with Crippen LogP contribution in [-0.2, 0) is 9.53 Å². The Balaban J connectivity index is 1.98. The number of nitrogens with one attached hydrogen (secondary N) is 1. The Morgan fingerprint density at radius 1 is 1.55 bits per heavy atom. The first-order valence-corrected chi connectivity index (χ1v) is 6.94. The van der Waals surface area contributed by atoms with E-state index in [9.17, 15) is 4.79 Å². The molecule has 1 heterocycles. The van der Waals surface area contributed by atoms with Gasteiger partial charge in [0.15, 0.2) is 0 Å². The van der Waals surface area contributed by atoms with Crippen molar-refractivity contribution in [2.75, 3.05) is 37.4 Å². The number of carbonyl (C=O) groups is 1. The molecular formula is C14H20ClN3O2. The molecule has 6 heteroatoms. The minimum atomic E-state index is -0.138. The summed E-state index contributed by atoms with van der Waals surface area (Å²) >= 11 is 5.83. The number of rotatable bonds is 3. The van der Waals surface area contributed by atoms with E-state index < -0.39 is 0 Å². The lowest BCUT2D eigenvalue weighted by molar-refractivity contribution is -0.122. The van der Waals surface area contributed by atoms with Gasteiger partial charge in [-0.3, -0.25) is 9.69 Å². The molecule has 0 radical (unpaired) electrons. The van der Waals surface area contributed by atoms with Gasteiger partial charge in [-0.15, -0.1) is 0 Å². The Labute approximate surface area is 124 Å². The zero-order valence-corrected chi connectivity index (χ0v) is 12.5. The normalized spacial score (nSPS) is 18.8. The van der Waals surface area contributed by atoms with E-state index in [4.69, 9.17) is 22.1 Å². The van der Waals surface area contributed by atoms with E-state index in [1.165, 1.54) is 0 Å². The summed E-state index contributed by atoms with van der Waals surface area (Å²) in [5, 5.41) is 3.37. The highest BCUT2D eigenvalue weighted by atomic mass is 35.5. The van der Waals surface area contributed by atoms with E-state index >= 15 is 0 Å². The van der Waals surface area contributed by atoms with E-state index in [2.05, 4.69) is 24.1 Å². The number of hydrogen-bond acceptors (Lipinski definition) is 4. The molecule has 1 aromatic carbocycles. The number of nitrogens with two attached hydrogens (primary N) is 1. The molecule has 1 fully saturated rings. The van der Waals surface area contributed by atoms with E-state index in [1.54, 1.807) is 18.2 Å². The second kappa shape index (κ2) is 5.99. The van der Waals surface area contributed by atoms with Crippen LogP contribution in [0.25, 0.3) is 0 Å². The van der Waals surface area contributed by atoms with Crippen molar-refractivity contribution >= 4 is 28.9 Å². The molecule has 2 rings (SSSR count). The van der Waals surface area contributed by atoms with Crippen molar-refractivity contribution in [2.45, 2.75) is 19.4 Å². The van der Waals surface area contributed by atoms with Crippen LogP contribution in [0.3, 0.4) is 0 Å². The van der Waals surface area contributed by atoms with Gasteiger partial charge in [0.2, 0.25) is 5.91 Å². The summed E-state index contributed by atoms with van der Waals surface area (Å²) in [4.78, 5) is 14.2. The lowest BCUT2D eigenvalue weighted by atomic mass is 10.0. The summed E-state index contributed by atoms with van der Waals surface area (Å²) < 4.78 is 5.44. The Morgan fingerprint density at radius 3 is 2.95 bits per heavy atom. The number of hydrogen-bond donors (Lipinski definition) is 2. The standard InChI is InChI=1S/C14H20ClN3O2/c1-14(2)9-20-6-5-18(14)8-13(19)17-12-4-3-10(15)7-11(12)16/h3-4,7H,5-6,8-9,16H2,1-2H3,(H,17,19). The molecule has 20 heavy (non-hydrogen) atoms. The fourth-order valence-electron chi connectivity index (χ4n) is 2.19. The van der Waals surface area contributed by atoms with Gasteiger partial charge >= 0.3 is 0 Å². The molecule has 0 spiro atoms. The maximum absolute atomic E-state index is 12.1. The molecule has 0 saturated carbocycles. The van der Waals surface area contributed by atoms with Crippen LogP contribution < -0.4 is 11.1 Å². The van der Waals surface area contributed by atoms with Gasteiger partial charge in [-0.2, -0.15) is 0 Å². The third-order valence-electron chi connectivity index (χ3n) is 3.44. The van der Waals surface area contributed by atoms with Crippen molar-refractivity contribution in [3.05, 3.63) is 23.2 Å². The zero-order chi connectivity index (χ0) is 14.8. The summed E-state index contributed by atoms with van der Waals surface area (Å²) in [7, 11) is 0. The third kappa shape index (κ3) is 3.62. The molecule has 0 atom stereocenters. The lowest BCUT2D eigenvalue weighted by Crippen LogP contribution is -2.55. The minimum Gasteiger partial charge on any atom is -0.397 e. The summed E-state index contributed by atoms with van der Waals surface area (Å²) in [6.07, 6.45) is 0. The second-order valence-corrected chi connectivity index (χ2v) is 6.00. The van der Waals surface area contributed by atoms with Gasteiger partial charge in [0.1, 0.15) is 0 Å². The largest absolute Gasteiger partial charge is 0.397 e. The Kier molecular flexibility index (Phi) is 4.52. The molecule has 0 aromatic heterocycles. The second-order valence-electron chi connectivity index (χ2n) is 5.57. The molecule has 1 aliphatic heterocycles. The Hall–Kier alpha value is -1.30. The number of amides is 1. The van der Waals surface area contributed by atoms with Crippen LogP contribution in [0.1, 0.15) is 13.8 Å². The van der Waals surface area contributed by atoms with Gasteiger partial charge in [0, 0.05) is 17.1 Å². The number of ether oxygens (including phenoxy) is 1. The number of morpholine rings is 1. The number of carbonyl (C=O) groups excluding carboxylic acids is 1. The molecule has 0 aliphatic carbocycles.